The van der Waals surface area contributed by atoms with Crippen LogP contribution in [0.4, 0.5) is 10.1 Å². The van der Waals surface area contributed by atoms with E-state index in [1.54, 1.807) is 30.1 Å². The van der Waals surface area contributed by atoms with Gasteiger partial charge < -0.3 is 10.1 Å². The van der Waals surface area contributed by atoms with Crippen LogP contribution in [-0.4, -0.2) is 28.2 Å². The van der Waals surface area contributed by atoms with E-state index >= 15 is 0 Å². The molecule has 0 spiro atoms. The number of hydrogen-bond acceptors (Lipinski definition) is 4. The van der Waals surface area contributed by atoms with Crippen LogP contribution in [0.2, 0.25) is 0 Å². The smallest absolute Gasteiger partial charge is 0.191 e. The Morgan fingerprint density at radius 3 is 2.44 bits per heavy atom. The van der Waals surface area contributed by atoms with Gasteiger partial charge >= 0.3 is 0 Å². The van der Waals surface area contributed by atoms with Crippen LogP contribution in [0.25, 0.3) is 16.9 Å². The predicted octanol–water partition coefficient (Wildman–Crippen LogP) is 5.01. The van der Waals surface area contributed by atoms with Gasteiger partial charge in [-0.3, -0.25) is 5.43 Å². The monoisotopic (exact) mass is 445 g/mol. The first-order valence-electron chi connectivity index (χ1n) is 9.77. The van der Waals surface area contributed by atoms with Gasteiger partial charge in [0.2, 0.25) is 0 Å². The molecule has 160 valence electrons. The quantitative estimate of drug-likeness (QED) is 0.248. The third kappa shape index (κ3) is 5.16. The Hall–Kier alpha value is -4.04. The minimum absolute atomic E-state index is 0.303. The molecule has 0 bridgehead atoms. The maximum Gasteiger partial charge on any atom is 0.191 e. The van der Waals surface area contributed by atoms with E-state index < -0.39 is 0 Å². The molecule has 0 fully saturated rings. The molecule has 8 heteroatoms. The van der Waals surface area contributed by atoms with Gasteiger partial charge in [0, 0.05) is 23.0 Å². The first-order chi connectivity index (χ1) is 15.6. The van der Waals surface area contributed by atoms with E-state index in [-0.39, 0.29) is 5.82 Å². The molecule has 6 nitrogen and oxygen atoms in total. The summed E-state index contributed by atoms with van der Waals surface area (Å²) in [5.41, 5.74) is 6.72. The molecule has 4 rings (SSSR count). The number of ether oxygens (including phenoxy) is 1. The van der Waals surface area contributed by atoms with Crippen molar-refractivity contribution in [2.45, 2.75) is 0 Å². The van der Waals surface area contributed by atoms with E-state index in [0.29, 0.717) is 10.8 Å². The van der Waals surface area contributed by atoms with E-state index in [1.807, 2.05) is 60.8 Å². The normalized spacial score (nSPS) is 10.8. The Labute approximate surface area is 190 Å². The van der Waals surface area contributed by atoms with Gasteiger partial charge in [0.25, 0.3) is 0 Å². The summed E-state index contributed by atoms with van der Waals surface area (Å²) < 4.78 is 20.3. The number of para-hydroxylation sites is 1. The lowest BCUT2D eigenvalue weighted by atomic mass is 10.1. The fraction of sp³-hybridized carbons (Fsp3) is 0.0417. The molecule has 1 heterocycles. The third-order valence-corrected chi connectivity index (χ3v) is 4.79. The van der Waals surface area contributed by atoms with Crippen LogP contribution in [0.3, 0.4) is 0 Å². The van der Waals surface area contributed by atoms with Crippen molar-refractivity contribution in [2.24, 2.45) is 5.10 Å². The number of hydrogen-bond donors (Lipinski definition) is 2. The molecule has 0 atom stereocenters. The van der Waals surface area contributed by atoms with Crippen LogP contribution in [0.1, 0.15) is 5.56 Å². The highest BCUT2D eigenvalue weighted by Gasteiger charge is 2.11. The second-order valence-electron chi connectivity index (χ2n) is 6.77. The Morgan fingerprint density at radius 2 is 1.75 bits per heavy atom. The van der Waals surface area contributed by atoms with Gasteiger partial charge in [0.1, 0.15) is 17.3 Å². The number of nitrogens with zero attached hydrogens (tertiary/aromatic N) is 3. The van der Waals surface area contributed by atoms with Crippen LogP contribution < -0.4 is 15.5 Å². The average Bonchev–Trinajstić information content (AvgIpc) is 3.25. The number of rotatable bonds is 6. The highest BCUT2D eigenvalue weighted by atomic mass is 32.1. The molecule has 0 aliphatic carbocycles. The fourth-order valence-electron chi connectivity index (χ4n) is 3.02. The number of hydrazone groups is 1. The number of halogens is 1. The first kappa shape index (κ1) is 21.2. The molecule has 0 saturated heterocycles. The lowest BCUT2D eigenvalue weighted by Gasteiger charge is -2.07. The largest absolute Gasteiger partial charge is 0.497 e. The number of thiocarbonyl (C=S) groups is 1. The van der Waals surface area contributed by atoms with E-state index in [1.165, 1.54) is 12.1 Å². The van der Waals surface area contributed by atoms with Gasteiger partial charge in [0.05, 0.1) is 19.0 Å². The predicted molar refractivity (Wildman–Crippen MR) is 129 cm³/mol. The average molecular weight is 446 g/mol. The molecule has 4 aromatic rings. The Kier molecular flexibility index (Phi) is 6.52. The first-order valence-corrected chi connectivity index (χ1v) is 10.2. The van der Waals surface area contributed by atoms with Crippen molar-refractivity contribution >= 4 is 29.2 Å². The van der Waals surface area contributed by atoms with Crippen molar-refractivity contribution in [1.82, 2.24) is 15.2 Å². The third-order valence-electron chi connectivity index (χ3n) is 4.60. The van der Waals surface area contributed by atoms with Crippen molar-refractivity contribution in [2.75, 3.05) is 12.4 Å². The van der Waals surface area contributed by atoms with Gasteiger partial charge in [-0.15, -0.1) is 0 Å². The topological polar surface area (TPSA) is 63.5 Å². The Balaban J connectivity index is 1.53. The molecule has 0 aliphatic heterocycles. The van der Waals surface area contributed by atoms with E-state index in [2.05, 4.69) is 20.9 Å². The molecule has 0 amide bonds. The molecule has 1 aromatic heterocycles. The summed E-state index contributed by atoms with van der Waals surface area (Å²) in [4.78, 5) is 0. The summed E-state index contributed by atoms with van der Waals surface area (Å²) in [5, 5.41) is 12.3. The summed E-state index contributed by atoms with van der Waals surface area (Å²) in [5.74, 6) is 0.458. The highest BCUT2D eigenvalue weighted by molar-refractivity contribution is 7.80. The second kappa shape index (κ2) is 9.84. The molecule has 3 aromatic carbocycles. The molecule has 0 unspecified atom stereocenters. The Morgan fingerprint density at radius 1 is 1.03 bits per heavy atom. The van der Waals surface area contributed by atoms with Crippen LogP contribution in [-0.2, 0) is 0 Å². The SMILES string of the molecule is COc1ccc(NC(=S)N/N=C\c2cn(-c3ccccc3)nc2-c2ccc(F)cc2)cc1. The summed E-state index contributed by atoms with van der Waals surface area (Å²) in [6.07, 6.45) is 3.49. The number of aromatic nitrogens is 2. The van der Waals surface area contributed by atoms with Gasteiger partial charge in [-0.2, -0.15) is 10.2 Å². The maximum absolute atomic E-state index is 13.4. The summed E-state index contributed by atoms with van der Waals surface area (Å²) in [6, 6.07) is 23.3. The molecular weight excluding hydrogens is 425 g/mol. The zero-order valence-corrected chi connectivity index (χ0v) is 18.0. The molecule has 0 aliphatic rings. The van der Waals surface area contributed by atoms with Crippen molar-refractivity contribution in [3.8, 4) is 22.7 Å². The summed E-state index contributed by atoms with van der Waals surface area (Å²) in [7, 11) is 1.61. The number of benzene rings is 3. The highest BCUT2D eigenvalue weighted by Crippen LogP contribution is 2.23. The van der Waals surface area contributed by atoms with Crippen LogP contribution in [0.15, 0.2) is 90.2 Å². The van der Waals surface area contributed by atoms with Gasteiger partial charge in [-0.1, -0.05) is 18.2 Å². The van der Waals surface area contributed by atoms with E-state index in [0.717, 1.165) is 28.3 Å². The molecule has 32 heavy (non-hydrogen) atoms. The fourth-order valence-corrected chi connectivity index (χ4v) is 3.19. The number of methoxy groups -OCH3 is 1. The number of anilines is 1. The van der Waals surface area contributed by atoms with Crippen molar-refractivity contribution < 1.29 is 9.13 Å². The minimum Gasteiger partial charge on any atom is -0.497 e. The van der Waals surface area contributed by atoms with Crippen LogP contribution in [0, 0.1) is 5.82 Å². The second-order valence-corrected chi connectivity index (χ2v) is 7.18. The molecular formula is C24H20FN5OS. The maximum atomic E-state index is 13.4. The molecule has 0 radical (unpaired) electrons. The van der Waals surface area contributed by atoms with Gasteiger partial charge in [-0.05, 0) is 72.9 Å². The zero-order chi connectivity index (χ0) is 22.3. The van der Waals surface area contributed by atoms with E-state index in [9.17, 15) is 4.39 Å². The minimum atomic E-state index is -0.303. The van der Waals surface area contributed by atoms with Gasteiger partial charge in [-0.25, -0.2) is 9.07 Å². The lowest BCUT2D eigenvalue weighted by molar-refractivity contribution is 0.415. The van der Waals surface area contributed by atoms with Crippen molar-refractivity contribution in [3.05, 3.63) is 96.4 Å². The lowest BCUT2D eigenvalue weighted by Crippen LogP contribution is -2.23. The van der Waals surface area contributed by atoms with Crippen LogP contribution in [0.5, 0.6) is 5.75 Å². The number of nitrogens with one attached hydrogen (secondary N) is 2. The zero-order valence-electron chi connectivity index (χ0n) is 17.2. The van der Waals surface area contributed by atoms with Crippen molar-refractivity contribution in [3.63, 3.8) is 0 Å². The van der Waals surface area contributed by atoms with Crippen LogP contribution >= 0.6 is 12.2 Å². The van der Waals surface area contributed by atoms with Crippen molar-refractivity contribution in [1.29, 1.82) is 0 Å². The molecule has 0 saturated carbocycles. The Bertz CT molecular complexity index is 1220. The molecule has 2 N–H and O–H groups in total. The van der Waals surface area contributed by atoms with Gasteiger partial charge in [0.15, 0.2) is 5.11 Å². The summed E-state index contributed by atoms with van der Waals surface area (Å²) >= 11 is 5.31. The standard InChI is InChI=1S/C24H20FN5OS/c1-31-22-13-11-20(12-14-22)27-24(32)28-26-15-18-16-30(21-5-3-2-4-6-21)29-23(18)17-7-9-19(25)10-8-17/h2-16H,1H3,(H2,27,28,32)/b26-15-. The summed E-state index contributed by atoms with van der Waals surface area (Å²) in [6.45, 7) is 0. The van der Waals surface area contributed by atoms with E-state index in [4.69, 9.17) is 17.0 Å².